The number of aromatic hydroxyl groups is 1. The second-order valence-electron chi connectivity index (χ2n) is 24.2. The summed E-state index contributed by atoms with van der Waals surface area (Å²) in [5.41, 5.74) is 18.1. The molecule has 5 rings (SSSR count). The number of H-pyrrole nitrogens is 2. The van der Waals surface area contributed by atoms with E-state index in [1.54, 1.807) is 72.0 Å². The van der Waals surface area contributed by atoms with Gasteiger partial charge >= 0.3 is 11.9 Å². The highest BCUT2D eigenvalue weighted by molar-refractivity contribution is 5.99. The molecule has 1 saturated heterocycles. The number of nitrogens with zero attached hydrogens (tertiary/aromatic N) is 3. The summed E-state index contributed by atoms with van der Waals surface area (Å²) < 4.78 is 5.53. The van der Waals surface area contributed by atoms with E-state index in [0.29, 0.717) is 47.1 Å². The van der Waals surface area contributed by atoms with Crippen molar-refractivity contribution in [1.29, 1.82) is 0 Å². The van der Waals surface area contributed by atoms with Crippen molar-refractivity contribution < 1.29 is 72.8 Å². The van der Waals surface area contributed by atoms with Crippen LogP contribution in [0.1, 0.15) is 116 Å². The number of hydrogen-bond acceptors (Lipinski definition) is 17. The monoisotopic (exact) mass is 1300 g/mol. The van der Waals surface area contributed by atoms with Gasteiger partial charge in [0.2, 0.25) is 53.2 Å². The Morgan fingerprint density at radius 3 is 1.91 bits per heavy atom. The Morgan fingerprint density at radius 2 is 1.30 bits per heavy atom. The highest BCUT2D eigenvalue weighted by Gasteiger charge is 2.40. The van der Waals surface area contributed by atoms with Gasteiger partial charge in [0.15, 0.2) is 5.96 Å². The maximum atomic E-state index is 14.9. The molecule has 1 aliphatic rings. The van der Waals surface area contributed by atoms with E-state index in [0.717, 1.165) is 0 Å². The summed E-state index contributed by atoms with van der Waals surface area (Å²) in [4.78, 5) is 168. The molecule has 2 aromatic carbocycles. The van der Waals surface area contributed by atoms with E-state index in [4.69, 9.17) is 21.9 Å². The molecule has 0 bridgehead atoms. The van der Waals surface area contributed by atoms with Crippen LogP contribution in [0.15, 0.2) is 72.2 Å². The lowest BCUT2D eigenvalue weighted by Crippen LogP contribution is -2.61. The number of para-hydroxylation sites is 1. The molecule has 31 heteroatoms. The van der Waals surface area contributed by atoms with Gasteiger partial charge in [-0.25, -0.2) is 4.98 Å². The third-order valence-corrected chi connectivity index (χ3v) is 15.0. The lowest BCUT2D eigenvalue weighted by Gasteiger charge is -2.30. The summed E-state index contributed by atoms with van der Waals surface area (Å²) in [7, 11) is 0. The van der Waals surface area contributed by atoms with Crippen molar-refractivity contribution in [3.05, 3.63) is 84.1 Å². The number of phenols is 1. The maximum Gasteiger partial charge on any atom is 0.306 e. The quantitative estimate of drug-likeness (QED) is 0.0107. The highest BCUT2D eigenvalue weighted by Crippen LogP contribution is 2.22. The number of carbonyl (C=O) groups excluding carboxylic acids is 10. The number of carboxylic acids is 1. The van der Waals surface area contributed by atoms with Gasteiger partial charge in [-0.2, -0.15) is 0 Å². The van der Waals surface area contributed by atoms with Crippen molar-refractivity contribution in [2.75, 3.05) is 26.2 Å². The summed E-state index contributed by atoms with van der Waals surface area (Å²) in [5, 5.41) is 51.9. The molecule has 0 aliphatic carbocycles. The van der Waals surface area contributed by atoms with Gasteiger partial charge in [0.25, 0.3) is 0 Å². The minimum Gasteiger partial charge on any atom is -0.508 e. The van der Waals surface area contributed by atoms with E-state index in [9.17, 15) is 68.1 Å². The number of likely N-dealkylation sites (tertiary alicyclic amines) is 1. The number of carboxylic acid groups (broad SMARTS) is 1. The van der Waals surface area contributed by atoms with Gasteiger partial charge < -0.3 is 94.7 Å². The Kier molecular flexibility index (Phi) is 28.5. The van der Waals surface area contributed by atoms with Crippen molar-refractivity contribution in [2.45, 2.75) is 179 Å². The van der Waals surface area contributed by atoms with Crippen LogP contribution >= 0.6 is 0 Å². The number of aromatic nitrogens is 3. The van der Waals surface area contributed by atoms with Gasteiger partial charge in [0.05, 0.1) is 19.0 Å². The van der Waals surface area contributed by atoms with Crippen LogP contribution in [0.4, 0.5) is 0 Å². The molecule has 2 aromatic heterocycles. The smallest absolute Gasteiger partial charge is 0.306 e. The molecule has 19 N–H and O–H groups in total. The van der Waals surface area contributed by atoms with Crippen molar-refractivity contribution in [3.63, 3.8) is 0 Å². The Morgan fingerprint density at radius 1 is 0.720 bits per heavy atom. The van der Waals surface area contributed by atoms with Gasteiger partial charge in [-0.1, -0.05) is 44.2 Å². The zero-order valence-electron chi connectivity index (χ0n) is 53.3. The molecule has 4 aromatic rings. The molecule has 508 valence electrons. The van der Waals surface area contributed by atoms with E-state index in [1.165, 1.54) is 41.7 Å². The normalized spacial score (nSPS) is 15.6. The Balaban J connectivity index is 1.45. The first-order chi connectivity index (χ1) is 44.0. The van der Waals surface area contributed by atoms with Gasteiger partial charge in [0.1, 0.15) is 59.7 Å². The number of phenolic OH excluding ortho intramolecular Hbond substituents is 1. The second-order valence-corrected chi connectivity index (χ2v) is 24.2. The van der Waals surface area contributed by atoms with E-state index in [2.05, 4.69) is 62.5 Å². The molecule has 0 unspecified atom stereocenters. The predicted molar refractivity (Wildman–Crippen MR) is 339 cm³/mol. The van der Waals surface area contributed by atoms with Crippen molar-refractivity contribution in [2.24, 2.45) is 28.1 Å². The van der Waals surface area contributed by atoms with Gasteiger partial charge in [-0.15, -0.1) is 0 Å². The summed E-state index contributed by atoms with van der Waals surface area (Å²) in [6.07, 6.45) is 3.11. The lowest BCUT2D eigenvalue weighted by atomic mass is 10.00. The predicted octanol–water partition coefficient (Wildman–Crippen LogP) is -1.45. The Bertz CT molecular complexity index is 3240. The number of aliphatic imine (C=N–C) groups is 1. The van der Waals surface area contributed by atoms with Crippen LogP contribution in [0.3, 0.4) is 0 Å². The number of imidazole rings is 1. The molecule has 3 heterocycles. The van der Waals surface area contributed by atoms with Gasteiger partial charge in [-0.05, 0) is 108 Å². The zero-order chi connectivity index (χ0) is 68.5. The van der Waals surface area contributed by atoms with Crippen LogP contribution in [0.5, 0.6) is 5.75 Å². The highest BCUT2D eigenvalue weighted by atomic mass is 16.6. The van der Waals surface area contributed by atoms with E-state index < -0.39 is 145 Å². The molecule has 31 nitrogen and oxygen atoms in total. The topological polar surface area (TPSA) is 492 Å². The van der Waals surface area contributed by atoms with Crippen LogP contribution in [-0.2, 0) is 76.7 Å². The number of aliphatic hydroxyl groups is 1. The number of aliphatic carboxylic acids is 1. The minimum atomic E-state index is -1.85. The molecular formula is C62H90N16O15. The number of aromatic amines is 2. The number of guanidine groups is 1. The van der Waals surface area contributed by atoms with Crippen LogP contribution < -0.4 is 59.7 Å². The number of amides is 9. The van der Waals surface area contributed by atoms with Crippen molar-refractivity contribution >= 4 is 82.0 Å². The van der Waals surface area contributed by atoms with E-state index >= 15 is 0 Å². The molecular weight excluding hydrogens is 1210 g/mol. The third kappa shape index (κ3) is 24.2. The average Bonchev–Trinajstić information content (AvgIpc) is 2.52. The molecule has 9 amide bonds. The van der Waals surface area contributed by atoms with Crippen molar-refractivity contribution in [1.82, 2.24) is 62.4 Å². The fourth-order valence-electron chi connectivity index (χ4n) is 10.3. The molecule has 0 radical (unpaired) electrons. The third-order valence-electron chi connectivity index (χ3n) is 15.0. The number of esters is 1. The van der Waals surface area contributed by atoms with Crippen molar-refractivity contribution in [3.8, 4) is 5.75 Å². The molecule has 93 heavy (non-hydrogen) atoms. The number of likely N-dealkylation sites (N-methyl/N-ethyl adjacent to an activating group) is 1. The van der Waals surface area contributed by atoms with Crippen LogP contribution in [0.2, 0.25) is 0 Å². The zero-order valence-corrected chi connectivity index (χ0v) is 53.3. The Labute approximate surface area is 538 Å². The number of benzene rings is 2. The van der Waals surface area contributed by atoms with Gasteiger partial charge in [0, 0.05) is 80.7 Å². The van der Waals surface area contributed by atoms with Crippen LogP contribution in [0, 0.1) is 5.92 Å². The number of nitrogens with one attached hydrogen (secondary N) is 10. The maximum absolute atomic E-state index is 14.9. The molecule has 1 fully saturated rings. The lowest BCUT2D eigenvalue weighted by molar-refractivity contribution is -0.155. The number of hydrogen-bond donors (Lipinski definition) is 16. The minimum absolute atomic E-state index is 0.00218. The molecule has 9 atom stereocenters. The fourth-order valence-corrected chi connectivity index (χ4v) is 10.3. The SMILES string of the molecule is CCNC(=O)[C@@H]1CCCN1C(=O)[C@H](CCCN=C(N)N)NC(=O)[C@H](CC(C)C)NC(=O)[C@@H](CCC(=O)OC(C)(C)C)NC(=O)[C@H](Cc1ccc(O)cc1)NC(=O)[C@H](CO)NC(=O)[C@H](Cc1c[nH]c2ccccc12)NC(=O)[C@H](Cc1cnc[nH]1)NC(=O)[C@@H](N)CCC(=O)O. The average molecular weight is 1300 g/mol. The number of fused-ring (bicyclic) bond motifs is 1. The van der Waals surface area contributed by atoms with E-state index in [1.807, 2.05) is 0 Å². The summed E-state index contributed by atoms with van der Waals surface area (Å²) >= 11 is 0. The van der Waals surface area contributed by atoms with Gasteiger partial charge in [-0.3, -0.25) is 57.7 Å². The van der Waals surface area contributed by atoms with Crippen LogP contribution in [0.25, 0.3) is 10.9 Å². The molecule has 1 aliphatic heterocycles. The number of carbonyl (C=O) groups is 11. The number of rotatable bonds is 36. The first-order valence-corrected chi connectivity index (χ1v) is 30.9. The summed E-state index contributed by atoms with van der Waals surface area (Å²) in [5.74, 6) is -10.2. The first kappa shape index (κ1) is 74.1. The van der Waals surface area contributed by atoms with E-state index in [-0.39, 0.29) is 81.6 Å². The number of ether oxygens (including phenoxy) is 1. The molecule has 0 saturated carbocycles. The second kappa shape index (κ2) is 35.8. The number of aliphatic hydroxyl groups excluding tert-OH is 1. The summed E-state index contributed by atoms with van der Waals surface area (Å²) in [6.45, 7) is 9.75. The van der Waals surface area contributed by atoms with Crippen LogP contribution in [-0.4, -0.2) is 192 Å². The largest absolute Gasteiger partial charge is 0.508 e. The standard InChI is InChI=1S/C62H90N16O15/c1-7-67-59(91)49-15-11-25-78(49)60(92)43(14-10-24-68-61(64)65)72-54(86)44(26-34(2)3)74-53(85)42(21-23-51(83)93-62(4,5)6)71-55(87)45(27-35-16-18-38(80)19-17-35)75-58(90)48(32-79)77-56(88)46(28-36-30-69-41-13-9-8-12-39(36)41)76-57(89)47(29-37-31-66-33-70-37)73-52(84)40(63)20-22-50(81)82/h8-9,12-13,16-19,30-31,33-34,40,42-49,69,79-80H,7,10-11,14-15,20-29,32,63H2,1-6H3,(H,66,70)(H,67,91)(H,71,87)(H,72,86)(H,73,84)(H,74,85)(H,75,90)(H,76,89)(H,77,88)(H,81,82)(H4,64,65,68)/t40-,42+,43-,44-,45-,46-,47-,48-,49-/m0/s1. The molecule has 0 spiro atoms. The number of nitrogens with two attached hydrogens (primary N) is 3. The fraction of sp³-hybridized carbons (Fsp3) is 0.532. The summed E-state index contributed by atoms with van der Waals surface area (Å²) in [6, 6.07) is -0.296. The Hall–Kier alpha value is -9.65. The first-order valence-electron chi connectivity index (χ1n) is 30.9.